The van der Waals surface area contributed by atoms with Crippen LogP contribution in [0.25, 0.3) is 0 Å². The van der Waals surface area contributed by atoms with E-state index in [0.717, 1.165) is 5.01 Å². The number of aromatic amines is 1. The van der Waals surface area contributed by atoms with Crippen LogP contribution in [-0.4, -0.2) is 33.8 Å². The Kier molecular flexibility index (Phi) is 6.93. The molecule has 0 saturated heterocycles. The summed E-state index contributed by atoms with van der Waals surface area (Å²) in [5.41, 5.74) is 1.48. The van der Waals surface area contributed by atoms with E-state index < -0.39 is 17.7 Å². The summed E-state index contributed by atoms with van der Waals surface area (Å²) in [5.74, 6) is -2.42. The molecule has 4 rings (SSSR count). The molecule has 3 aromatic rings. The summed E-state index contributed by atoms with van der Waals surface area (Å²) in [6.45, 7) is 5.16. The maximum Gasteiger partial charge on any atom is 0.264 e. The van der Waals surface area contributed by atoms with Gasteiger partial charge in [0.1, 0.15) is 17.4 Å². The second-order valence-corrected chi connectivity index (χ2v) is 8.82. The van der Waals surface area contributed by atoms with Crippen LogP contribution >= 0.6 is 34.8 Å². The van der Waals surface area contributed by atoms with Gasteiger partial charge < -0.3 is 10.6 Å². The van der Waals surface area contributed by atoms with Crippen molar-refractivity contribution in [3.8, 4) is 0 Å². The van der Waals surface area contributed by atoms with Crippen molar-refractivity contribution in [2.24, 2.45) is 5.10 Å². The van der Waals surface area contributed by atoms with Gasteiger partial charge >= 0.3 is 0 Å². The summed E-state index contributed by atoms with van der Waals surface area (Å²) in [5, 5.41) is 17.8. The van der Waals surface area contributed by atoms with E-state index >= 15 is 0 Å². The van der Waals surface area contributed by atoms with Crippen LogP contribution in [0.15, 0.2) is 65.9 Å². The zero-order valence-electron chi connectivity index (χ0n) is 18.1. The average molecular weight is 532 g/mol. The van der Waals surface area contributed by atoms with Gasteiger partial charge in [0.05, 0.1) is 15.7 Å². The van der Waals surface area contributed by atoms with Crippen molar-refractivity contribution in [3.63, 3.8) is 0 Å². The Morgan fingerprint density at radius 3 is 2.43 bits per heavy atom. The standard InChI is InChI=1S/C23H17Cl3N6O3/c1-11(2)21(33)28-14-5-3-4-12(8-14)22(34)29-20-18(17-6-7-27-30-17)23(35)32(31-20)19-15(25)9-13(24)10-16(19)26/h3-10,18H,1H2,2H3,(H,27,30)(H,28,33)(H,29,31,34). The lowest BCUT2D eigenvalue weighted by Crippen LogP contribution is -2.35. The van der Waals surface area contributed by atoms with Gasteiger partial charge in [-0.3, -0.25) is 19.5 Å². The number of nitrogens with zero attached hydrogens (tertiary/aromatic N) is 3. The number of H-pyrrole nitrogens is 1. The van der Waals surface area contributed by atoms with Crippen molar-refractivity contribution in [2.45, 2.75) is 12.8 Å². The Hall–Kier alpha value is -3.66. The summed E-state index contributed by atoms with van der Waals surface area (Å²) < 4.78 is 0. The number of anilines is 2. The van der Waals surface area contributed by atoms with E-state index in [4.69, 9.17) is 34.8 Å². The third-order valence-electron chi connectivity index (χ3n) is 4.98. The molecule has 0 spiro atoms. The summed E-state index contributed by atoms with van der Waals surface area (Å²) in [6, 6.07) is 10.7. The number of hydrogen-bond acceptors (Lipinski definition) is 5. The molecule has 9 nitrogen and oxygen atoms in total. The highest BCUT2D eigenvalue weighted by molar-refractivity contribution is 6.43. The lowest BCUT2D eigenvalue weighted by atomic mass is 10.0. The Balaban J connectivity index is 1.67. The van der Waals surface area contributed by atoms with E-state index in [1.807, 2.05) is 0 Å². The van der Waals surface area contributed by atoms with Crippen LogP contribution in [0.4, 0.5) is 11.4 Å². The number of nitrogens with one attached hydrogen (secondary N) is 3. The third kappa shape index (κ3) is 5.07. The normalized spacial score (nSPS) is 15.1. The van der Waals surface area contributed by atoms with Crippen LogP contribution in [0.1, 0.15) is 28.9 Å². The lowest BCUT2D eigenvalue weighted by Gasteiger charge is -2.16. The van der Waals surface area contributed by atoms with Crippen LogP contribution in [0.5, 0.6) is 0 Å². The fourth-order valence-electron chi connectivity index (χ4n) is 3.32. The van der Waals surface area contributed by atoms with Gasteiger partial charge in [-0.25, -0.2) is 0 Å². The van der Waals surface area contributed by atoms with Gasteiger partial charge in [0.15, 0.2) is 0 Å². The maximum absolute atomic E-state index is 13.4. The zero-order valence-corrected chi connectivity index (χ0v) is 20.4. The Labute approximate surface area is 214 Å². The minimum absolute atomic E-state index is 0.0303. The van der Waals surface area contributed by atoms with Crippen LogP contribution in [0.2, 0.25) is 15.1 Å². The summed E-state index contributed by atoms with van der Waals surface area (Å²) >= 11 is 18.6. The molecular formula is C23H17Cl3N6O3. The minimum atomic E-state index is -1.00. The Morgan fingerprint density at radius 1 is 1.09 bits per heavy atom. The van der Waals surface area contributed by atoms with Gasteiger partial charge in [-0.05, 0) is 43.3 Å². The SMILES string of the molecule is C=C(C)C(=O)Nc1cccc(C(=O)NC2=NN(c3c(Cl)cc(Cl)cc3Cl)C(=O)C2c2ccn[nH]2)c1. The van der Waals surface area contributed by atoms with Crippen molar-refractivity contribution in [1.82, 2.24) is 15.5 Å². The van der Waals surface area contributed by atoms with Gasteiger partial charge in [0.25, 0.3) is 17.7 Å². The number of halogens is 3. The molecule has 1 aromatic heterocycles. The van der Waals surface area contributed by atoms with Gasteiger partial charge in [-0.1, -0.05) is 47.4 Å². The summed E-state index contributed by atoms with van der Waals surface area (Å²) in [7, 11) is 0. The number of rotatable bonds is 5. The molecule has 3 amide bonds. The van der Waals surface area contributed by atoms with Crippen molar-refractivity contribution < 1.29 is 14.4 Å². The quantitative estimate of drug-likeness (QED) is 0.411. The van der Waals surface area contributed by atoms with Gasteiger partial charge in [0, 0.05) is 28.0 Å². The smallest absolute Gasteiger partial charge is 0.264 e. The van der Waals surface area contributed by atoms with E-state index in [2.05, 4.69) is 32.5 Å². The highest BCUT2D eigenvalue weighted by Gasteiger charge is 2.41. The van der Waals surface area contributed by atoms with Crippen molar-refractivity contribution in [3.05, 3.63) is 87.1 Å². The summed E-state index contributed by atoms with van der Waals surface area (Å²) in [6.07, 6.45) is 1.47. The first kappa shape index (κ1) is 24.5. The monoisotopic (exact) mass is 530 g/mol. The molecule has 0 saturated carbocycles. The fraction of sp³-hybridized carbons (Fsp3) is 0.0870. The van der Waals surface area contributed by atoms with E-state index in [-0.39, 0.29) is 38.1 Å². The van der Waals surface area contributed by atoms with Crippen LogP contribution in [-0.2, 0) is 9.59 Å². The van der Waals surface area contributed by atoms with Crippen LogP contribution in [0.3, 0.4) is 0 Å². The van der Waals surface area contributed by atoms with Gasteiger partial charge in [-0.15, -0.1) is 0 Å². The maximum atomic E-state index is 13.4. The number of amides is 3. The molecule has 0 bridgehead atoms. The number of carbonyl (C=O) groups is 3. The third-order valence-corrected chi connectivity index (χ3v) is 5.77. The number of hydrazone groups is 1. The highest BCUT2D eigenvalue weighted by atomic mass is 35.5. The van der Waals surface area contributed by atoms with Crippen LogP contribution in [0, 0.1) is 0 Å². The van der Waals surface area contributed by atoms with Crippen LogP contribution < -0.4 is 15.6 Å². The Morgan fingerprint density at radius 2 is 1.80 bits per heavy atom. The molecule has 12 heteroatoms. The molecule has 1 atom stereocenters. The zero-order chi connectivity index (χ0) is 25.3. The first-order valence-electron chi connectivity index (χ1n) is 10.1. The van der Waals surface area contributed by atoms with Crippen molar-refractivity contribution in [1.29, 1.82) is 0 Å². The average Bonchev–Trinajstić information content (AvgIpc) is 3.41. The molecule has 2 aromatic carbocycles. The van der Waals surface area contributed by atoms with E-state index in [1.54, 1.807) is 31.2 Å². The van der Waals surface area contributed by atoms with E-state index in [1.165, 1.54) is 24.4 Å². The highest BCUT2D eigenvalue weighted by Crippen LogP contribution is 2.40. The number of benzene rings is 2. The molecule has 1 unspecified atom stereocenters. The van der Waals surface area contributed by atoms with E-state index in [9.17, 15) is 14.4 Å². The molecule has 35 heavy (non-hydrogen) atoms. The Bertz CT molecular complexity index is 1360. The molecule has 2 heterocycles. The van der Waals surface area contributed by atoms with Gasteiger partial charge in [-0.2, -0.15) is 15.2 Å². The molecule has 0 fully saturated rings. The number of carbonyl (C=O) groups excluding carboxylic acids is 3. The molecule has 1 aliphatic heterocycles. The lowest BCUT2D eigenvalue weighted by molar-refractivity contribution is -0.118. The predicted molar refractivity (Wildman–Crippen MR) is 135 cm³/mol. The predicted octanol–water partition coefficient (Wildman–Crippen LogP) is 4.76. The van der Waals surface area contributed by atoms with Gasteiger partial charge in [0.2, 0.25) is 0 Å². The second kappa shape index (κ2) is 9.91. The largest absolute Gasteiger partial charge is 0.322 e. The number of amidine groups is 1. The van der Waals surface area contributed by atoms with Crippen molar-refractivity contribution >= 4 is 69.7 Å². The van der Waals surface area contributed by atoms with Crippen molar-refractivity contribution in [2.75, 3.05) is 10.3 Å². The molecule has 1 aliphatic rings. The topological polar surface area (TPSA) is 120 Å². The molecule has 178 valence electrons. The molecular weight excluding hydrogens is 515 g/mol. The fourth-order valence-corrected chi connectivity index (χ4v) is 4.30. The number of hydrogen-bond donors (Lipinski definition) is 3. The molecule has 3 N–H and O–H groups in total. The second-order valence-electron chi connectivity index (χ2n) is 7.57. The minimum Gasteiger partial charge on any atom is -0.322 e. The first-order chi connectivity index (χ1) is 16.7. The summed E-state index contributed by atoms with van der Waals surface area (Å²) in [4.78, 5) is 38.4. The molecule has 0 radical (unpaired) electrons. The number of aromatic nitrogens is 2. The first-order valence-corrected chi connectivity index (χ1v) is 11.2. The van der Waals surface area contributed by atoms with E-state index in [0.29, 0.717) is 17.0 Å². The molecule has 0 aliphatic carbocycles.